The predicted octanol–water partition coefficient (Wildman–Crippen LogP) is 5.39. The van der Waals surface area contributed by atoms with E-state index in [1.807, 2.05) is 65.0 Å². The molecule has 0 aromatic heterocycles. The van der Waals surface area contributed by atoms with Crippen LogP contribution in [-0.2, 0) is 14.8 Å². The van der Waals surface area contributed by atoms with Crippen LogP contribution in [0.1, 0.15) is 47.2 Å². The highest BCUT2D eigenvalue weighted by Crippen LogP contribution is 2.29. The summed E-state index contributed by atoms with van der Waals surface area (Å²) in [6, 6.07) is 17.8. The second kappa shape index (κ2) is 11.0. The Hall–Kier alpha value is -3.32. The van der Waals surface area contributed by atoms with Gasteiger partial charge >= 0.3 is 0 Å². The van der Waals surface area contributed by atoms with Crippen molar-refractivity contribution in [3.63, 3.8) is 0 Å². The fourth-order valence-electron chi connectivity index (χ4n) is 4.04. The molecule has 186 valence electrons. The molecule has 7 heteroatoms. The van der Waals surface area contributed by atoms with Gasteiger partial charge in [-0.1, -0.05) is 48.9 Å². The Balaban J connectivity index is 1.95. The summed E-state index contributed by atoms with van der Waals surface area (Å²) in [5, 5.41) is 3.03. The van der Waals surface area contributed by atoms with Gasteiger partial charge in [-0.15, -0.1) is 0 Å². The summed E-state index contributed by atoms with van der Waals surface area (Å²) in [6.07, 6.45) is 0.658. The monoisotopic (exact) mass is 494 g/mol. The first-order valence-corrected chi connectivity index (χ1v) is 13.1. The Morgan fingerprint density at radius 2 is 1.57 bits per heavy atom. The topological polar surface area (TPSA) is 75.7 Å². The average Bonchev–Trinajstić information content (AvgIpc) is 2.82. The lowest BCUT2D eigenvalue weighted by Crippen LogP contribution is -2.42. The highest BCUT2D eigenvalue weighted by Gasteiger charge is 2.29. The standard InChI is InChI=1S/C28H34N2O4S/c1-7-25(23-12-15-27(34-6)22(5)17-23)29-28(31)18-30(26-16-20(3)8-11-21(26)4)35(32,33)24-13-9-19(2)10-14-24/h8-17,25H,7,18H2,1-6H3,(H,29,31). The van der Waals surface area contributed by atoms with Crippen LogP contribution in [0.5, 0.6) is 5.75 Å². The highest BCUT2D eigenvalue weighted by atomic mass is 32.2. The van der Waals surface area contributed by atoms with Crippen molar-refractivity contribution in [1.29, 1.82) is 0 Å². The maximum Gasteiger partial charge on any atom is 0.264 e. The van der Waals surface area contributed by atoms with E-state index in [1.165, 1.54) is 4.31 Å². The number of rotatable bonds is 9. The number of hydrogen-bond donors (Lipinski definition) is 1. The lowest BCUT2D eigenvalue weighted by Gasteiger charge is -2.27. The second-order valence-corrected chi connectivity index (χ2v) is 10.7. The number of benzene rings is 3. The minimum Gasteiger partial charge on any atom is -0.496 e. The molecule has 0 aliphatic heterocycles. The first-order chi connectivity index (χ1) is 16.6. The molecular formula is C28H34N2O4S. The van der Waals surface area contributed by atoms with Crippen LogP contribution >= 0.6 is 0 Å². The summed E-state index contributed by atoms with van der Waals surface area (Å²) >= 11 is 0. The van der Waals surface area contributed by atoms with Gasteiger partial charge in [0, 0.05) is 0 Å². The van der Waals surface area contributed by atoms with Crippen molar-refractivity contribution in [2.45, 2.75) is 52.0 Å². The van der Waals surface area contributed by atoms with Crippen LogP contribution in [0.25, 0.3) is 0 Å². The zero-order valence-corrected chi connectivity index (χ0v) is 22.1. The van der Waals surface area contributed by atoms with Crippen molar-refractivity contribution < 1.29 is 17.9 Å². The Morgan fingerprint density at radius 3 is 2.17 bits per heavy atom. The summed E-state index contributed by atoms with van der Waals surface area (Å²) in [5.74, 6) is 0.405. The lowest BCUT2D eigenvalue weighted by atomic mass is 10.0. The number of amides is 1. The van der Waals surface area contributed by atoms with Crippen molar-refractivity contribution in [1.82, 2.24) is 5.32 Å². The van der Waals surface area contributed by atoms with Gasteiger partial charge in [0.05, 0.1) is 23.7 Å². The zero-order valence-electron chi connectivity index (χ0n) is 21.3. The largest absolute Gasteiger partial charge is 0.496 e. The van der Waals surface area contributed by atoms with Gasteiger partial charge in [0.15, 0.2) is 0 Å². The summed E-state index contributed by atoms with van der Waals surface area (Å²) in [5.41, 5.74) is 5.05. The maximum atomic E-state index is 13.7. The summed E-state index contributed by atoms with van der Waals surface area (Å²) in [4.78, 5) is 13.4. The number of sulfonamides is 1. The molecule has 0 radical (unpaired) electrons. The minimum absolute atomic E-state index is 0.148. The fourth-order valence-corrected chi connectivity index (χ4v) is 5.51. The number of hydrogen-bond acceptors (Lipinski definition) is 4. The lowest BCUT2D eigenvalue weighted by molar-refractivity contribution is -0.120. The number of carbonyl (C=O) groups is 1. The maximum absolute atomic E-state index is 13.7. The molecule has 6 nitrogen and oxygen atoms in total. The van der Waals surface area contributed by atoms with E-state index in [2.05, 4.69) is 5.32 Å². The predicted molar refractivity (Wildman–Crippen MR) is 141 cm³/mol. The van der Waals surface area contributed by atoms with E-state index < -0.39 is 10.0 Å². The third-order valence-corrected chi connectivity index (χ3v) is 7.87. The van der Waals surface area contributed by atoms with Crippen LogP contribution < -0.4 is 14.4 Å². The number of ether oxygens (including phenoxy) is 1. The molecule has 0 aliphatic rings. The van der Waals surface area contributed by atoms with Crippen molar-refractivity contribution in [2.75, 3.05) is 18.0 Å². The molecule has 3 aromatic carbocycles. The normalized spacial score (nSPS) is 12.2. The summed E-state index contributed by atoms with van der Waals surface area (Å²) in [7, 11) is -2.35. The van der Waals surface area contributed by atoms with Gasteiger partial charge in [-0.2, -0.15) is 0 Å². The number of nitrogens with one attached hydrogen (secondary N) is 1. The molecule has 0 spiro atoms. The van der Waals surface area contributed by atoms with Gasteiger partial charge in [-0.3, -0.25) is 9.10 Å². The molecule has 0 saturated heterocycles. The van der Waals surface area contributed by atoms with Gasteiger partial charge in [0.25, 0.3) is 10.0 Å². The molecule has 1 N–H and O–H groups in total. The van der Waals surface area contributed by atoms with Crippen LogP contribution in [-0.4, -0.2) is 28.0 Å². The number of anilines is 1. The molecule has 0 heterocycles. The Kier molecular flexibility index (Phi) is 8.22. The van der Waals surface area contributed by atoms with Crippen molar-refractivity contribution in [3.8, 4) is 5.75 Å². The molecule has 0 bridgehead atoms. The van der Waals surface area contributed by atoms with Crippen LogP contribution in [0.4, 0.5) is 5.69 Å². The molecule has 0 saturated carbocycles. The van der Waals surface area contributed by atoms with Gasteiger partial charge in [-0.25, -0.2) is 8.42 Å². The third kappa shape index (κ3) is 6.03. The number of carbonyl (C=O) groups excluding carboxylic acids is 1. The first kappa shape index (κ1) is 26.3. The van der Waals surface area contributed by atoms with E-state index in [1.54, 1.807) is 37.4 Å². The molecule has 1 atom stereocenters. The van der Waals surface area contributed by atoms with Gasteiger partial charge in [-0.05, 0) is 80.6 Å². The van der Waals surface area contributed by atoms with Gasteiger partial charge in [0.2, 0.25) is 5.91 Å². The van der Waals surface area contributed by atoms with Crippen molar-refractivity contribution in [2.24, 2.45) is 0 Å². The van der Waals surface area contributed by atoms with Gasteiger partial charge in [0.1, 0.15) is 12.3 Å². The molecule has 1 amide bonds. The van der Waals surface area contributed by atoms with E-state index in [9.17, 15) is 13.2 Å². The third-order valence-electron chi connectivity index (χ3n) is 6.09. The number of aryl methyl sites for hydroxylation is 4. The van der Waals surface area contributed by atoms with E-state index in [0.29, 0.717) is 12.1 Å². The van der Waals surface area contributed by atoms with Crippen molar-refractivity contribution >= 4 is 21.6 Å². The number of nitrogens with zero attached hydrogens (tertiary/aromatic N) is 1. The van der Waals surface area contributed by atoms with Gasteiger partial charge < -0.3 is 10.1 Å². The first-order valence-electron chi connectivity index (χ1n) is 11.7. The minimum atomic E-state index is -3.97. The molecular weight excluding hydrogens is 460 g/mol. The SMILES string of the molecule is CCC(NC(=O)CN(c1cc(C)ccc1C)S(=O)(=O)c1ccc(C)cc1)c1ccc(OC)c(C)c1. The molecule has 0 aliphatic carbocycles. The Morgan fingerprint density at radius 1 is 0.914 bits per heavy atom. The van der Waals surface area contributed by atoms with E-state index in [-0.39, 0.29) is 23.4 Å². The highest BCUT2D eigenvalue weighted by molar-refractivity contribution is 7.92. The smallest absolute Gasteiger partial charge is 0.264 e. The second-order valence-electron chi connectivity index (χ2n) is 8.87. The van der Waals surface area contributed by atoms with E-state index >= 15 is 0 Å². The van der Waals surface area contributed by atoms with Crippen LogP contribution in [0.3, 0.4) is 0 Å². The zero-order chi connectivity index (χ0) is 25.8. The number of methoxy groups -OCH3 is 1. The molecule has 3 rings (SSSR count). The molecule has 0 fully saturated rings. The average molecular weight is 495 g/mol. The van der Waals surface area contributed by atoms with Crippen LogP contribution in [0, 0.1) is 27.7 Å². The van der Waals surface area contributed by atoms with Crippen LogP contribution in [0.15, 0.2) is 65.6 Å². The fraction of sp³-hybridized carbons (Fsp3) is 0.321. The summed E-state index contributed by atoms with van der Waals surface area (Å²) < 4.78 is 34.0. The summed E-state index contributed by atoms with van der Waals surface area (Å²) in [6.45, 7) is 9.26. The molecule has 1 unspecified atom stereocenters. The molecule has 35 heavy (non-hydrogen) atoms. The Labute approximate surface area is 209 Å². The Bertz CT molecular complexity index is 1300. The quantitative estimate of drug-likeness (QED) is 0.433. The van der Waals surface area contributed by atoms with E-state index in [4.69, 9.17) is 4.74 Å². The van der Waals surface area contributed by atoms with Crippen LogP contribution in [0.2, 0.25) is 0 Å². The van der Waals surface area contributed by atoms with E-state index in [0.717, 1.165) is 33.6 Å². The van der Waals surface area contributed by atoms with Crippen molar-refractivity contribution in [3.05, 3.63) is 88.5 Å². The molecule has 3 aromatic rings.